The standard InChI is InChI=1S/C8H12O4/c1-2-3-10-6-7-8(9)12-5-4-11-7/h2,7H,1,3-6H2. The Kier molecular flexibility index (Phi) is 3.76. The van der Waals surface area contributed by atoms with Crippen molar-refractivity contribution >= 4 is 5.97 Å². The van der Waals surface area contributed by atoms with Gasteiger partial charge in [-0.25, -0.2) is 4.79 Å². The number of carbonyl (C=O) groups excluding carboxylic acids is 1. The van der Waals surface area contributed by atoms with Crippen LogP contribution in [0, 0.1) is 0 Å². The molecule has 1 heterocycles. The lowest BCUT2D eigenvalue weighted by molar-refractivity contribution is -0.175. The van der Waals surface area contributed by atoms with Crippen molar-refractivity contribution in [2.75, 3.05) is 26.4 Å². The molecule has 1 unspecified atom stereocenters. The van der Waals surface area contributed by atoms with E-state index in [9.17, 15) is 4.79 Å². The van der Waals surface area contributed by atoms with Crippen molar-refractivity contribution in [3.8, 4) is 0 Å². The molecule has 1 aliphatic heterocycles. The van der Waals surface area contributed by atoms with Gasteiger partial charge < -0.3 is 14.2 Å². The summed E-state index contributed by atoms with van der Waals surface area (Å²) >= 11 is 0. The minimum Gasteiger partial charge on any atom is -0.461 e. The molecule has 0 saturated carbocycles. The molecule has 0 spiro atoms. The predicted molar refractivity (Wildman–Crippen MR) is 41.7 cm³/mol. The summed E-state index contributed by atoms with van der Waals surface area (Å²) in [5.41, 5.74) is 0. The number of hydrogen-bond donors (Lipinski definition) is 0. The van der Waals surface area contributed by atoms with E-state index >= 15 is 0 Å². The van der Waals surface area contributed by atoms with Gasteiger partial charge in [0.1, 0.15) is 6.61 Å². The molecule has 0 radical (unpaired) electrons. The second kappa shape index (κ2) is 4.90. The Balaban J connectivity index is 2.20. The van der Waals surface area contributed by atoms with Crippen LogP contribution in [0.5, 0.6) is 0 Å². The molecule has 0 aromatic rings. The van der Waals surface area contributed by atoms with Crippen LogP contribution in [0.4, 0.5) is 0 Å². The van der Waals surface area contributed by atoms with E-state index in [2.05, 4.69) is 6.58 Å². The van der Waals surface area contributed by atoms with E-state index in [4.69, 9.17) is 14.2 Å². The maximum absolute atomic E-state index is 10.9. The van der Waals surface area contributed by atoms with E-state index in [0.717, 1.165) is 0 Å². The van der Waals surface area contributed by atoms with Crippen LogP contribution in [-0.2, 0) is 19.0 Å². The SMILES string of the molecule is C=CCOCC1OCCOC1=O. The molecule has 0 aromatic carbocycles. The zero-order valence-corrected chi connectivity index (χ0v) is 6.82. The van der Waals surface area contributed by atoms with Crippen LogP contribution in [0.15, 0.2) is 12.7 Å². The highest BCUT2D eigenvalue weighted by Crippen LogP contribution is 2.02. The molecule has 68 valence electrons. The molecular formula is C8H12O4. The van der Waals surface area contributed by atoms with Crippen LogP contribution in [0.1, 0.15) is 0 Å². The van der Waals surface area contributed by atoms with Gasteiger partial charge in [-0.1, -0.05) is 6.08 Å². The molecule has 1 aliphatic rings. The Labute approximate surface area is 71.1 Å². The van der Waals surface area contributed by atoms with Crippen molar-refractivity contribution in [1.82, 2.24) is 0 Å². The lowest BCUT2D eigenvalue weighted by atomic mass is 10.3. The first-order valence-corrected chi connectivity index (χ1v) is 3.81. The van der Waals surface area contributed by atoms with Crippen molar-refractivity contribution in [3.63, 3.8) is 0 Å². The average Bonchev–Trinajstić information content (AvgIpc) is 2.09. The topological polar surface area (TPSA) is 44.8 Å². The van der Waals surface area contributed by atoms with Crippen LogP contribution in [0.2, 0.25) is 0 Å². The minimum atomic E-state index is -0.557. The zero-order valence-electron chi connectivity index (χ0n) is 6.82. The molecular weight excluding hydrogens is 160 g/mol. The molecule has 0 bridgehead atoms. The van der Waals surface area contributed by atoms with Crippen molar-refractivity contribution in [2.24, 2.45) is 0 Å². The Morgan fingerprint density at radius 1 is 1.67 bits per heavy atom. The first-order chi connectivity index (χ1) is 5.84. The summed E-state index contributed by atoms with van der Waals surface area (Å²) in [6.45, 7) is 4.94. The van der Waals surface area contributed by atoms with Crippen LogP contribution in [0.25, 0.3) is 0 Å². The number of rotatable bonds is 4. The monoisotopic (exact) mass is 172 g/mol. The maximum atomic E-state index is 10.9. The Morgan fingerprint density at radius 3 is 3.17 bits per heavy atom. The number of cyclic esters (lactones) is 1. The fourth-order valence-electron chi connectivity index (χ4n) is 0.868. The van der Waals surface area contributed by atoms with Gasteiger partial charge in [0.2, 0.25) is 0 Å². The van der Waals surface area contributed by atoms with Crippen molar-refractivity contribution in [2.45, 2.75) is 6.10 Å². The van der Waals surface area contributed by atoms with Crippen molar-refractivity contribution in [1.29, 1.82) is 0 Å². The smallest absolute Gasteiger partial charge is 0.337 e. The minimum absolute atomic E-state index is 0.241. The van der Waals surface area contributed by atoms with Crippen LogP contribution in [0.3, 0.4) is 0 Å². The third-order valence-corrected chi connectivity index (χ3v) is 1.41. The van der Waals surface area contributed by atoms with E-state index < -0.39 is 6.10 Å². The molecule has 1 rings (SSSR count). The number of carbonyl (C=O) groups is 1. The fraction of sp³-hybridized carbons (Fsp3) is 0.625. The Hall–Kier alpha value is -0.870. The predicted octanol–water partition coefficient (Wildman–Crippen LogP) is 0.131. The third-order valence-electron chi connectivity index (χ3n) is 1.41. The van der Waals surface area contributed by atoms with Gasteiger partial charge in [-0.2, -0.15) is 0 Å². The highest BCUT2D eigenvalue weighted by Gasteiger charge is 2.24. The summed E-state index contributed by atoms with van der Waals surface area (Å²) in [5, 5.41) is 0. The molecule has 4 nitrogen and oxygen atoms in total. The maximum Gasteiger partial charge on any atom is 0.337 e. The molecule has 4 heteroatoms. The average molecular weight is 172 g/mol. The molecule has 0 N–H and O–H groups in total. The van der Waals surface area contributed by atoms with Gasteiger partial charge in [-0.05, 0) is 0 Å². The molecule has 1 fully saturated rings. The van der Waals surface area contributed by atoms with Gasteiger partial charge in [0.05, 0.1) is 19.8 Å². The van der Waals surface area contributed by atoms with E-state index in [-0.39, 0.29) is 12.6 Å². The molecule has 0 amide bonds. The van der Waals surface area contributed by atoms with E-state index in [0.29, 0.717) is 19.8 Å². The van der Waals surface area contributed by atoms with Gasteiger partial charge in [0.15, 0.2) is 6.10 Å². The number of esters is 1. The van der Waals surface area contributed by atoms with E-state index in [1.807, 2.05) is 0 Å². The Bertz CT molecular complexity index is 166. The van der Waals surface area contributed by atoms with Crippen LogP contribution in [-0.4, -0.2) is 38.5 Å². The lowest BCUT2D eigenvalue weighted by Crippen LogP contribution is -2.37. The summed E-state index contributed by atoms with van der Waals surface area (Å²) in [4.78, 5) is 10.9. The second-order valence-electron chi connectivity index (χ2n) is 2.35. The van der Waals surface area contributed by atoms with Gasteiger partial charge in [0, 0.05) is 0 Å². The normalized spacial score (nSPS) is 23.3. The van der Waals surface area contributed by atoms with Crippen molar-refractivity contribution in [3.05, 3.63) is 12.7 Å². The summed E-state index contributed by atoms with van der Waals surface area (Å²) in [6.07, 6.45) is 1.06. The van der Waals surface area contributed by atoms with Crippen LogP contribution < -0.4 is 0 Å². The molecule has 1 atom stereocenters. The summed E-state index contributed by atoms with van der Waals surface area (Å²) in [6, 6.07) is 0. The molecule has 12 heavy (non-hydrogen) atoms. The summed E-state index contributed by atoms with van der Waals surface area (Å²) in [7, 11) is 0. The quantitative estimate of drug-likeness (QED) is 0.343. The first kappa shape index (κ1) is 9.22. The van der Waals surface area contributed by atoms with Gasteiger partial charge in [-0.3, -0.25) is 0 Å². The lowest BCUT2D eigenvalue weighted by Gasteiger charge is -2.20. The highest BCUT2D eigenvalue weighted by molar-refractivity contribution is 5.75. The zero-order chi connectivity index (χ0) is 8.81. The molecule has 1 saturated heterocycles. The fourth-order valence-corrected chi connectivity index (χ4v) is 0.868. The summed E-state index contributed by atoms with van der Waals surface area (Å²) < 4.78 is 14.9. The number of ether oxygens (including phenoxy) is 3. The highest BCUT2D eigenvalue weighted by atomic mass is 16.6. The Morgan fingerprint density at radius 2 is 2.50 bits per heavy atom. The van der Waals surface area contributed by atoms with Gasteiger partial charge >= 0.3 is 5.97 Å². The van der Waals surface area contributed by atoms with Gasteiger partial charge in [0.25, 0.3) is 0 Å². The largest absolute Gasteiger partial charge is 0.461 e. The molecule has 0 aliphatic carbocycles. The van der Waals surface area contributed by atoms with Crippen molar-refractivity contribution < 1.29 is 19.0 Å². The van der Waals surface area contributed by atoms with E-state index in [1.165, 1.54) is 0 Å². The van der Waals surface area contributed by atoms with Crippen LogP contribution >= 0.6 is 0 Å². The number of hydrogen-bond acceptors (Lipinski definition) is 4. The third kappa shape index (κ3) is 2.64. The summed E-state index contributed by atoms with van der Waals surface area (Å²) in [5.74, 6) is -0.342. The first-order valence-electron chi connectivity index (χ1n) is 3.81. The van der Waals surface area contributed by atoms with Gasteiger partial charge in [-0.15, -0.1) is 6.58 Å². The second-order valence-corrected chi connectivity index (χ2v) is 2.35. The van der Waals surface area contributed by atoms with E-state index in [1.54, 1.807) is 6.08 Å². The molecule has 0 aromatic heterocycles.